The third-order valence-electron chi connectivity index (χ3n) is 4.88. The van der Waals surface area contributed by atoms with Gasteiger partial charge in [-0.3, -0.25) is 0 Å². The second kappa shape index (κ2) is 4.52. The molecule has 1 saturated heterocycles. The largest absolute Gasteiger partial charge is 0.399 e. The molecule has 1 aromatic carbocycles. The molecule has 2 aliphatic rings. The van der Waals surface area contributed by atoms with Gasteiger partial charge < -0.3 is 10.6 Å². The predicted molar refractivity (Wildman–Crippen MR) is 81.2 cm³/mol. The first kappa shape index (κ1) is 13.0. The van der Waals surface area contributed by atoms with E-state index < -0.39 is 0 Å². The highest BCUT2D eigenvalue weighted by molar-refractivity contribution is 5.43. The van der Waals surface area contributed by atoms with Crippen molar-refractivity contribution in [1.29, 1.82) is 0 Å². The Kier molecular flexibility index (Phi) is 3.09. The summed E-state index contributed by atoms with van der Waals surface area (Å²) in [6.07, 6.45) is 5.41. The minimum Gasteiger partial charge on any atom is -0.399 e. The van der Waals surface area contributed by atoms with Crippen LogP contribution in [0.3, 0.4) is 0 Å². The molecule has 0 spiro atoms. The van der Waals surface area contributed by atoms with Crippen LogP contribution in [-0.2, 0) is 5.41 Å². The van der Waals surface area contributed by atoms with Gasteiger partial charge in [0.1, 0.15) is 0 Å². The van der Waals surface area contributed by atoms with Crippen LogP contribution in [0.5, 0.6) is 0 Å². The molecule has 19 heavy (non-hydrogen) atoms. The predicted octanol–water partition coefficient (Wildman–Crippen LogP) is 3.42. The number of likely N-dealkylation sites (tertiary alicyclic amines) is 1. The smallest absolute Gasteiger partial charge is 0.0314 e. The van der Waals surface area contributed by atoms with Crippen molar-refractivity contribution in [1.82, 2.24) is 4.90 Å². The number of rotatable bonds is 3. The summed E-state index contributed by atoms with van der Waals surface area (Å²) in [6.45, 7) is 8.58. The van der Waals surface area contributed by atoms with E-state index in [1.54, 1.807) is 0 Å². The number of hydrogen-bond acceptors (Lipinski definition) is 2. The van der Waals surface area contributed by atoms with Crippen LogP contribution in [0.2, 0.25) is 0 Å². The van der Waals surface area contributed by atoms with Crippen LogP contribution in [0.4, 0.5) is 5.69 Å². The molecule has 0 amide bonds. The van der Waals surface area contributed by atoms with E-state index >= 15 is 0 Å². The van der Waals surface area contributed by atoms with Gasteiger partial charge in [-0.25, -0.2) is 0 Å². The highest BCUT2D eigenvalue weighted by Gasteiger charge is 2.46. The van der Waals surface area contributed by atoms with Crippen molar-refractivity contribution in [2.24, 2.45) is 5.41 Å². The lowest BCUT2D eigenvalue weighted by atomic mass is 9.83. The topological polar surface area (TPSA) is 29.3 Å². The molecule has 2 fully saturated rings. The van der Waals surface area contributed by atoms with Crippen molar-refractivity contribution in [2.45, 2.75) is 44.9 Å². The summed E-state index contributed by atoms with van der Waals surface area (Å²) in [5, 5.41) is 0. The monoisotopic (exact) mass is 258 g/mol. The summed E-state index contributed by atoms with van der Waals surface area (Å²) >= 11 is 0. The van der Waals surface area contributed by atoms with E-state index in [0.717, 1.165) is 5.69 Å². The maximum absolute atomic E-state index is 5.80. The fourth-order valence-electron chi connectivity index (χ4n) is 3.63. The zero-order valence-electron chi connectivity index (χ0n) is 12.3. The third kappa shape index (κ3) is 2.79. The maximum atomic E-state index is 5.80. The maximum Gasteiger partial charge on any atom is 0.0314 e. The molecule has 1 aromatic rings. The molecule has 0 unspecified atom stereocenters. The average Bonchev–Trinajstić information content (AvgIpc) is 3.09. The summed E-state index contributed by atoms with van der Waals surface area (Å²) in [6, 6.07) is 8.57. The Balaban J connectivity index is 1.70. The molecule has 0 aromatic heterocycles. The number of anilines is 1. The third-order valence-corrected chi connectivity index (χ3v) is 4.88. The highest BCUT2D eigenvalue weighted by atomic mass is 15.1. The van der Waals surface area contributed by atoms with E-state index in [4.69, 9.17) is 5.73 Å². The van der Waals surface area contributed by atoms with Gasteiger partial charge >= 0.3 is 0 Å². The zero-order valence-corrected chi connectivity index (χ0v) is 12.3. The highest BCUT2D eigenvalue weighted by Crippen LogP contribution is 2.49. The Morgan fingerprint density at radius 1 is 1.11 bits per heavy atom. The molecule has 2 nitrogen and oxygen atoms in total. The van der Waals surface area contributed by atoms with Crippen molar-refractivity contribution in [3.8, 4) is 0 Å². The molecule has 2 heteroatoms. The van der Waals surface area contributed by atoms with E-state index in [0.29, 0.717) is 10.8 Å². The first-order chi connectivity index (χ1) is 8.99. The van der Waals surface area contributed by atoms with E-state index in [-0.39, 0.29) is 0 Å². The number of nitrogens with two attached hydrogens (primary N) is 1. The first-order valence-electron chi connectivity index (χ1n) is 7.58. The SMILES string of the molecule is CC1(C)CCCN(CC2(c3ccc(N)cc3)CC2)C1. The van der Waals surface area contributed by atoms with Crippen LogP contribution in [-0.4, -0.2) is 24.5 Å². The lowest BCUT2D eigenvalue weighted by Crippen LogP contribution is -2.43. The average molecular weight is 258 g/mol. The summed E-state index contributed by atoms with van der Waals surface area (Å²) in [4.78, 5) is 2.69. The van der Waals surface area contributed by atoms with Gasteiger partial charge in [-0.1, -0.05) is 26.0 Å². The van der Waals surface area contributed by atoms with Gasteiger partial charge in [0.15, 0.2) is 0 Å². The lowest BCUT2D eigenvalue weighted by molar-refractivity contribution is 0.108. The van der Waals surface area contributed by atoms with Crippen LogP contribution in [0, 0.1) is 5.41 Å². The van der Waals surface area contributed by atoms with Gasteiger partial charge in [0.05, 0.1) is 0 Å². The molecule has 1 aliphatic carbocycles. The lowest BCUT2D eigenvalue weighted by Gasteiger charge is -2.40. The Labute approximate surface area is 117 Å². The van der Waals surface area contributed by atoms with Crippen LogP contribution >= 0.6 is 0 Å². The Bertz CT molecular complexity index is 443. The first-order valence-corrected chi connectivity index (χ1v) is 7.58. The van der Waals surface area contributed by atoms with Gasteiger partial charge in [-0.05, 0) is 55.3 Å². The van der Waals surface area contributed by atoms with E-state index in [1.807, 2.05) is 0 Å². The Morgan fingerprint density at radius 3 is 2.37 bits per heavy atom. The molecule has 3 rings (SSSR count). The van der Waals surface area contributed by atoms with E-state index in [1.165, 1.54) is 50.9 Å². The van der Waals surface area contributed by atoms with Gasteiger partial charge in [0.25, 0.3) is 0 Å². The second-order valence-electron chi connectivity index (χ2n) is 7.38. The van der Waals surface area contributed by atoms with Crippen molar-refractivity contribution in [3.63, 3.8) is 0 Å². The molecular weight excluding hydrogens is 232 g/mol. The summed E-state index contributed by atoms with van der Waals surface area (Å²) in [7, 11) is 0. The molecule has 0 bridgehead atoms. The fraction of sp³-hybridized carbons (Fsp3) is 0.647. The van der Waals surface area contributed by atoms with Crippen LogP contribution in [0.1, 0.15) is 45.1 Å². The van der Waals surface area contributed by atoms with Crippen molar-refractivity contribution >= 4 is 5.69 Å². The standard InChI is InChI=1S/C17H26N2/c1-16(2)8-3-11-19(12-16)13-17(9-10-17)14-4-6-15(18)7-5-14/h4-7H,3,8-13,18H2,1-2H3. The molecule has 0 atom stereocenters. The minimum absolute atomic E-state index is 0.432. The van der Waals surface area contributed by atoms with Gasteiger partial charge in [-0.2, -0.15) is 0 Å². The number of benzene rings is 1. The van der Waals surface area contributed by atoms with Gasteiger partial charge in [-0.15, -0.1) is 0 Å². The number of nitrogen functional groups attached to an aromatic ring is 1. The van der Waals surface area contributed by atoms with Crippen LogP contribution < -0.4 is 5.73 Å². The quantitative estimate of drug-likeness (QED) is 0.842. The van der Waals surface area contributed by atoms with Gasteiger partial charge in [0.2, 0.25) is 0 Å². The molecule has 0 radical (unpaired) electrons. The summed E-state index contributed by atoms with van der Waals surface area (Å²) in [5.74, 6) is 0. The molecule has 1 aliphatic heterocycles. The van der Waals surface area contributed by atoms with E-state index in [2.05, 4.69) is 43.0 Å². The van der Waals surface area contributed by atoms with Crippen LogP contribution in [0.25, 0.3) is 0 Å². The zero-order chi connectivity index (χ0) is 13.5. The van der Waals surface area contributed by atoms with Gasteiger partial charge in [0, 0.05) is 24.2 Å². The van der Waals surface area contributed by atoms with E-state index in [9.17, 15) is 0 Å². The fourth-order valence-corrected chi connectivity index (χ4v) is 3.63. The minimum atomic E-state index is 0.432. The number of hydrogen-bond donors (Lipinski definition) is 1. The molecular formula is C17H26N2. The molecule has 1 saturated carbocycles. The molecule has 104 valence electrons. The molecule has 1 heterocycles. The van der Waals surface area contributed by atoms with Crippen molar-refractivity contribution < 1.29 is 0 Å². The summed E-state index contributed by atoms with van der Waals surface area (Å²) in [5.41, 5.74) is 9.09. The number of nitrogens with zero attached hydrogens (tertiary/aromatic N) is 1. The second-order valence-corrected chi connectivity index (χ2v) is 7.38. The summed E-state index contributed by atoms with van der Waals surface area (Å²) < 4.78 is 0. The molecule has 2 N–H and O–H groups in total. The Morgan fingerprint density at radius 2 is 1.79 bits per heavy atom. The number of piperidine rings is 1. The van der Waals surface area contributed by atoms with Crippen molar-refractivity contribution in [3.05, 3.63) is 29.8 Å². The Hall–Kier alpha value is -1.02. The van der Waals surface area contributed by atoms with Crippen molar-refractivity contribution in [2.75, 3.05) is 25.4 Å². The van der Waals surface area contributed by atoms with Crippen LogP contribution in [0.15, 0.2) is 24.3 Å². The normalized spacial score (nSPS) is 25.2.